The number of amides is 1. The number of furan rings is 1. The SMILES string of the molecule is C[C@@H](Sc1nnc(-c2ccco2)n1-c1ccccc1)C(=O)N1CCN(c2ccccc2)CC1. The van der Waals surface area contributed by atoms with Crippen molar-refractivity contribution in [3.63, 3.8) is 0 Å². The number of carbonyl (C=O) groups excluding carboxylic acids is 1. The van der Waals surface area contributed by atoms with Crippen molar-refractivity contribution >= 4 is 23.4 Å². The molecular formula is C25H25N5O2S. The van der Waals surface area contributed by atoms with Crippen molar-refractivity contribution in [1.29, 1.82) is 0 Å². The van der Waals surface area contributed by atoms with E-state index in [1.165, 1.54) is 17.4 Å². The number of aromatic nitrogens is 3. The maximum atomic E-state index is 13.2. The molecule has 1 saturated heterocycles. The third-order valence-electron chi connectivity index (χ3n) is 5.73. The second kappa shape index (κ2) is 9.54. The first-order valence-electron chi connectivity index (χ1n) is 11.0. The van der Waals surface area contributed by atoms with Crippen LogP contribution in [0.3, 0.4) is 0 Å². The van der Waals surface area contributed by atoms with Crippen molar-refractivity contribution in [3.8, 4) is 17.3 Å². The van der Waals surface area contributed by atoms with E-state index in [4.69, 9.17) is 4.42 Å². The molecule has 7 nitrogen and oxygen atoms in total. The molecule has 4 aromatic rings. The number of piperazine rings is 1. The normalized spacial score (nSPS) is 14.9. The summed E-state index contributed by atoms with van der Waals surface area (Å²) in [6, 6.07) is 23.9. The van der Waals surface area contributed by atoms with E-state index in [1.54, 1.807) is 6.26 Å². The van der Waals surface area contributed by atoms with Gasteiger partial charge in [0.15, 0.2) is 10.9 Å². The van der Waals surface area contributed by atoms with Gasteiger partial charge in [-0.2, -0.15) is 0 Å². The molecule has 3 heterocycles. The second-order valence-electron chi connectivity index (χ2n) is 7.86. The largest absolute Gasteiger partial charge is 0.461 e. The number of carbonyl (C=O) groups is 1. The lowest BCUT2D eigenvalue weighted by atomic mass is 10.2. The highest BCUT2D eigenvalue weighted by Gasteiger charge is 2.28. The number of hydrogen-bond donors (Lipinski definition) is 0. The second-order valence-corrected chi connectivity index (χ2v) is 9.17. The molecule has 1 amide bonds. The predicted molar refractivity (Wildman–Crippen MR) is 130 cm³/mol. The van der Waals surface area contributed by atoms with E-state index in [0.29, 0.717) is 29.8 Å². The molecule has 1 aliphatic heterocycles. The lowest BCUT2D eigenvalue weighted by Gasteiger charge is -2.37. The van der Waals surface area contributed by atoms with Gasteiger partial charge in [-0.15, -0.1) is 10.2 Å². The standard InChI is InChI=1S/C25H25N5O2S/c1-19(24(31)29-16-14-28(15-17-29)20-9-4-2-5-10-20)33-25-27-26-23(22-13-8-18-32-22)30(25)21-11-6-3-7-12-21/h2-13,18-19H,14-17H2,1H3/t19-/m1/s1. The number of hydrogen-bond acceptors (Lipinski definition) is 6. The highest BCUT2D eigenvalue weighted by molar-refractivity contribution is 8.00. The van der Waals surface area contributed by atoms with Gasteiger partial charge in [0, 0.05) is 37.6 Å². The average molecular weight is 460 g/mol. The fourth-order valence-electron chi connectivity index (χ4n) is 4.01. The molecule has 0 saturated carbocycles. The van der Waals surface area contributed by atoms with Crippen LogP contribution in [-0.4, -0.2) is 57.0 Å². The summed E-state index contributed by atoms with van der Waals surface area (Å²) in [5, 5.41) is 9.15. The Kier molecular flexibility index (Phi) is 6.17. The van der Waals surface area contributed by atoms with Gasteiger partial charge in [-0.05, 0) is 43.3 Å². The number of benzene rings is 2. The first-order valence-corrected chi connectivity index (χ1v) is 11.9. The Morgan fingerprint density at radius 1 is 0.879 bits per heavy atom. The maximum Gasteiger partial charge on any atom is 0.236 e. The Labute approximate surface area is 197 Å². The molecular weight excluding hydrogens is 434 g/mol. The third kappa shape index (κ3) is 4.52. The van der Waals surface area contributed by atoms with E-state index in [-0.39, 0.29) is 11.2 Å². The van der Waals surface area contributed by atoms with Crippen molar-refractivity contribution in [2.45, 2.75) is 17.3 Å². The minimum atomic E-state index is -0.288. The molecule has 0 bridgehead atoms. The summed E-state index contributed by atoms with van der Waals surface area (Å²) in [4.78, 5) is 17.5. The summed E-state index contributed by atoms with van der Waals surface area (Å²) in [7, 11) is 0. The van der Waals surface area contributed by atoms with Crippen LogP contribution in [-0.2, 0) is 4.79 Å². The van der Waals surface area contributed by atoms with Crippen LogP contribution in [0.15, 0.2) is 88.6 Å². The summed E-state index contributed by atoms with van der Waals surface area (Å²) >= 11 is 1.42. The van der Waals surface area contributed by atoms with E-state index in [9.17, 15) is 4.79 Å². The van der Waals surface area contributed by atoms with Crippen LogP contribution in [0.4, 0.5) is 5.69 Å². The van der Waals surface area contributed by atoms with E-state index >= 15 is 0 Å². The maximum absolute atomic E-state index is 13.2. The van der Waals surface area contributed by atoms with Crippen LogP contribution in [0.5, 0.6) is 0 Å². The molecule has 5 rings (SSSR count). The highest BCUT2D eigenvalue weighted by Crippen LogP contribution is 2.31. The first kappa shape index (κ1) is 21.3. The van der Waals surface area contributed by atoms with Gasteiger partial charge in [-0.1, -0.05) is 48.2 Å². The van der Waals surface area contributed by atoms with E-state index in [0.717, 1.165) is 18.8 Å². The summed E-state index contributed by atoms with van der Waals surface area (Å²) in [5.41, 5.74) is 2.13. The lowest BCUT2D eigenvalue weighted by molar-refractivity contribution is -0.130. The topological polar surface area (TPSA) is 67.4 Å². The van der Waals surface area contributed by atoms with Gasteiger partial charge in [-0.3, -0.25) is 9.36 Å². The highest BCUT2D eigenvalue weighted by atomic mass is 32.2. The van der Waals surface area contributed by atoms with Gasteiger partial charge in [0.1, 0.15) is 0 Å². The number of rotatable bonds is 6. The zero-order chi connectivity index (χ0) is 22.6. The monoisotopic (exact) mass is 459 g/mol. The summed E-state index contributed by atoms with van der Waals surface area (Å²) in [6.07, 6.45) is 1.62. The van der Waals surface area contributed by atoms with Crippen molar-refractivity contribution in [2.24, 2.45) is 0 Å². The minimum absolute atomic E-state index is 0.120. The quantitative estimate of drug-likeness (QED) is 0.399. The van der Waals surface area contributed by atoms with Gasteiger partial charge in [0.05, 0.1) is 11.5 Å². The number of nitrogens with zero attached hydrogens (tertiary/aromatic N) is 5. The van der Waals surface area contributed by atoms with E-state index in [1.807, 2.05) is 77.1 Å². The fraction of sp³-hybridized carbons (Fsp3) is 0.240. The van der Waals surface area contributed by atoms with Crippen LogP contribution in [0.2, 0.25) is 0 Å². The van der Waals surface area contributed by atoms with Gasteiger partial charge < -0.3 is 14.2 Å². The summed E-state index contributed by atoms with van der Waals surface area (Å²) in [6.45, 7) is 5.02. The van der Waals surface area contributed by atoms with Crippen LogP contribution in [0.1, 0.15) is 6.92 Å². The molecule has 8 heteroatoms. The molecule has 33 heavy (non-hydrogen) atoms. The van der Waals surface area contributed by atoms with Crippen LogP contribution in [0.25, 0.3) is 17.3 Å². The number of anilines is 1. The Morgan fingerprint density at radius 3 is 2.18 bits per heavy atom. The Hall–Kier alpha value is -3.52. The summed E-state index contributed by atoms with van der Waals surface area (Å²) in [5.74, 6) is 1.37. The van der Waals surface area contributed by atoms with Gasteiger partial charge in [0.25, 0.3) is 0 Å². The smallest absolute Gasteiger partial charge is 0.236 e. The molecule has 2 aromatic carbocycles. The zero-order valence-electron chi connectivity index (χ0n) is 18.4. The van der Waals surface area contributed by atoms with Gasteiger partial charge >= 0.3 is 0 Å². The molecule has 0 spiro atoms. The lowest BCUT2D eigenvalue weighted by Crippen LogP contribution is -2.50. The molecule has 2 aromatic heterocycles. The van der Waals surface area contributed by atoms with Crippen molar-refractivity contribution < 1.29 is 9.21 Å². The molecule has 1 aliphatic rings. The van der Waals surface area contributed by atoms with Crippen molar-refractivity contribution in [3.05, 3.63) is 79.1 Å². The summed E-state index contributed by atoms with van der Waals surface area (Å²) < 4.78 is 7.52. The number of thioether (sulfide) groups is 1. The molecule has 1 atom stereocenters. The van der Waals surface area contributed by atoms with Crippen LogP contribution < -0.4 is 4.90 Å². The number of para-hydroxylation sites is 2. The van der Waals surface area contributed by atoms with Crippen molar-refractivity contribution in [2.75, 3.05) is 31.1 Å². The van der Waals surface area contributed by atoms with Gasteiger partial charge in [-0.25, -0.2) is 0 Å². The van der Waals surface area contributed by atoms with Crippen LogP contribution >= 0.6 is 11.8 Å². The molecule has 0 N–H and O–H groups in total. The molecule has 0 radical (unpaired) electrons. The molecule has 168 valence electrons. The average Bonchev–Trinajstić information content (AvgIpc) is 3.55. The zero-order valence-corrected chi connectivity index (χ0v) is 19.2. The third-order valence-corrected chi connectivity index (χ3v) is 6.76. The fourth-order valence-corrected chi connectivity index (χ4v) is 4.96. The Bertz CT molecular complexity index is 1190. The van der Waals surface area contributed by atoms with E-state index < -0.39 is 0 Å². The van der Waals surface area contributed by atoms with Crippen LogP contribution in [0, 0.1) is 0 Å². The molecule has 0 unspecified atom stereocenters. The minimum Gasteiger partial charge on any atom is -0.461 e. The van der Waals surface area contributed by atoms with Gasteiger partial charge in [0.2, 0.25) is 11.7 Å². The molecule has 0 aliphatic carbocycles. The first-order chi connectivity index (χ1) is 16.2. The Morgan fingerprint density at radius 2 is 1.55 bits per heavy atom. The predicted octanol–water partition coefficient (Wildman–Crippen LogP) is 4.36. The van der Waals surface area contributed by atoms with Crippen molar-refractivity contribution in [1.82, 2.24) is 19.7 Å². The van der Waals surface area contributed by atoms with E-state index in [2.05, 4.69) is 27.2 Å². The molecule has 1 fully saturated rings. The Balaban J connectivity index is 1.31.